The number of hydrogen-bond donors (Lipinski definition) is 1. The lowest BCUT2D eigenvalue weighted by molar-refractivity contribution is -0.131. The highest BCUT2D eigenvalue weighted by Gasteiger charge is 2.38. The molecule has 186 valence electrons. The van der Waals surface area contributed by atoms with Crippen LogP contribution in [0.15, 0.2) is 77.6 Å². The zero-order chi connectivity index (χ0) is 25.5. The maximum absolute atomic E-state index is 15.5. The number of nitrogens with one attached hydrogen (secondary N) is 1. The quantitative estimate of drug-likeness (QED) is 0.403. The number of aromatic amines is 1. The van der Waals surface area contributed by atoms with Crippen molar-refractivity contribution in [1.29, 1.82) is 0 Å². The largest absolute Gasteiger partial charge is 0.348 e. The molecule has 0 radical (unpaired) electrons. The molecule has 7 nitrogen and oxygen atoms in total. The number of ketones is 1. The fourth-order valence-electron chi connectivity index (χ4n) is 5.04. The Bertz CT molecular complexity index is 1550. The number of halogens is 1. The lowest BCUT2D eigenvalue weighted by Crippen LogP contribution is -2.30. The van der Waals surface area contributed by atoms with Gasteiger partial charge in [0.1, 0.15) is 11.6 Å². The first-order valence-electron chi connectivity index (χ1n) is 12.5. The molecule has 0 bridgehead atoms. The maximum Gasteiger partial charge on any atom is 0.348 e. The van der Waals surface area contributed by atoms with Crippen LogP contribution < -0.4 is 5.69 Å². The molecule has 1 amide bonds. The molecular formula is C29H25FN4O3. The second-order valence-corrected chi connectivity index (χ2v) is 9.71. The van der Waals surface area contributed by atoms with Gasteiger partial charge in [-0.2, -0.15) is 5.10 Å². The van der Waals surface area contributed by atoms with Gasteiger partial charge in [-0.3, -0.25) is 9.59 Å². The van der Waals surface area contributed by atoms with Crippen LogP contribution in [0.4, 0.5) is 4.39 Å². The number of nitrogens with zero attached hydrogens (tertiary/aromatic N) is 3. The summed E-state index contributed by atoms with van der Waals surface area (Å²) >= 11 is 0. The third-order valence-corrected chi connectivity index (χ3v) is 7.17. The van der Waals surface area contributed by atoms with Gasteiger partial charge in [-0.15, -0.1) is 0 Å². The van der Waals surface area contributed by atoms with Crippen molar-refractivity contribution in [2.75, 3.05) is 13.1 Å². The number of benzene rings is 3. The van der Waals surface area contributed by atoms with Gasteiger partial charge in [-0.1, -0.05) is 54.6 Å². The fraction of sp³-hybridized carbons (Fsp3) is 0.241. The van der Waals surface area contributed by atoms with Crippen LogP contribution in [0.1, 0.15) is 46.9 Å². The average Bonchev–Trinajstić information content (AvgIpc) is 3.55. The molecule has 1 aromatic heterocycles. The molecule has 0 spiro atoms. The van der Waals surface area contributed by atoms with E-state index in [2.05, 4.69) is 10.2 Å². The third kappa shape index (κ3) is 4.39. The van der Waals surface area contributed by atoms with Crippen molar-refractivity contribution >= 4 is 11.7 Å². The molecule has 1 aliphatic carbocycles. The maximum atomic E-state index is 15.5. The molecule has 1 atom stereocenters. The van der Waals surface area contributed by atoms with E-state index in [1.165, 1.54) is 10.6 Å². The van der Waals surface area contributed by atoms with E-state index < -0.39 is 11.5 Å². The van der Waals surface area contributed by atoms with Gasteiger partial charge in [-0.25, -0.2) is 18.9 Å². The van der Waals surface area contributed by atoms with Gasteiger partial charge < -0.3 is 4.90 Å². The van der Waals surface area contributed by atoms with Crippen molar-refractivity contribution in [3.63, 3.8) is 0 Å². The molecule has 2 fully saturated rings. The molecule has 2 heterocycles. The molecule has 1 unspecified atom stereocenters. The van der Waals surface area contributed by atoms with Crippen molar-refractivity contribution < 1.29 is 14.0 Å². The zero-order valence-corrected chi connectivity index (χ0v) is 20.1. The van der Waals surface area contributed by atoms with Crippen molar-refractivity contribution in [1.82, 2.24) is 19.7 Å². The number of H-pyrrole nitrogens is 1. The number of amides is 1. The molecule has 8 heteroatoms. The number of rotatable bonds is 6. The summed E-state index contributed by atoms with van der Waals surface area (Å²) in [6, 6.07) is 20.7. The second-order valence-electron chi connectivity index (χ2n) is 9.71. The minimum atomic E-state index is -0.578. The van der Waals surface area contributed by atoms with E-state index in [9.17, 15) is 14.4 Å². The predicted octanol–water partition coefficient (Wildman–Crippen LogP) is 4.32. The first kappa shape index (κ1) is 23.1. The summed E-state index contributed by atoms with van der Waals surface area (Å²) in [5, 5.41) is 6.64. The lowest BCUT2D eigenvalue weighted by atomic mass is 9.98. The van der Waals surface area contributed by atoms with E-state index in [4.69, 9.17) is 0 Å². The van der Waals surface area contributed by atoms with Crippen LogP contribution >= 0.6 is 0 Å². The van der Waals surface area contributed by atoms with E-state index in [0.717, 1.165) is 12.8 Å². The summed E-state index contributed by atoms with van der Waals surface area (Å²) in [5.74, 6) is -0.118. The van der Waals surface area contributed by atoms with E-state index in [0.29, 0.717) is 47.6 Å². The van der Waals surface area contributed by atoms with Gasteiger partial charge in [0.25, 0.3) is 0 Å². The topological polar surface area (TPSA) is 88.1 Å². The van der Waals surface area contributed by atoms with Crippen LogP contribution in [-0.4, -0.2) is 44.4 Å². The van der Waals surface area contributed by atoms with Crippen molar-refractivity contribution in [2.45, 2.75) is 25.2 Å². The summed E-state index contributed by atoms with van der Waals surface area (Å²) in [7, 11) is 0. The molecule has 3 aromatic carbocycles. The van der Waals surface area contributed by atoms with E-state index >= 15 is 4.39 Å². The number of carbonyl (C=O) groups is 2. The number of likely N-dealkylation sites (tertiary alicyclic amines) is 1. The van der Waals surface area contributed by atoms with Crippen LogP contribution in [0.3, 0.4) is 0 Å². The minimum Gasteiger partial charge on any atom is -0.342 e. The molecule has 2 aliphatic rings. The highest BCUT2D eigenvalue weighted by molar-refractivity contribution is 6.09. The monoisotopic (exact) mass is 496 g/mol. The normalized spacial score (nSPS) is 17.2. The molecule has 1 saturated heterocycles. The summed E-state index contributed by atoms with van der Waals surface area (Å²) in [6.07, 6.45) is 2.55. The smallest absolute Gasteiger partial charge is 0.342 e. The van der Waals surface area contributed by atoms with Crippen LogP contribution in [0.2, 0.25) is 0 Å². The highest BCUT2D eigenvalue weighted by atomic mass is 19.1. The molecular weight excluding hydrogens is 471 g/mol. The first-order valence-corrected chi connectivity index (χ1v) is 12.5. The van der Waals surface area contributed by atoms with Crippen molar-refractivity contribution in [3.05, 3.63) is 106 Å². The minimum absolute atomic E-state index is 0.0981. The van der Waals surface area contributed by atoms with E-state index in [-0.39, 0.29) is 29.2 Å². The molecule has 1 aliphatic heterocycles. The summed E-state index contributed by atoms with van der Waals surface area (Å²) in [6.45, 7) is 1.09. The third-order valence-electron chi connectivity index (χ3n) is 7.17. The standard InChI is InChI=1S/C29H25FN4O3/c30-24-16-21(20-7-4-8-22(15-20)26(35)18-5-2-1-3-6-18)11-12-25(24)34-27(31-32-29(34)37)23-13-14-33(17-23)28(36)19-9-10-19/h1-8,11-12,15-16,19,23H,9-10,13-14,17H2,(H,32,37). The van der Waals surface area contributed by atoms with E-state index in [1.807, 2.05) is 29.2 Å². The van der Waals surface area contributed by atoms with Crippen LogP contribution in [0, 0.1) is 11.7 Å². The van der Waals surface area contributed by atoms with Gasteiger partial charge in [0.15, 0.2) is 5.78 Å². The Morgan fingerprint density at radius 1 is 0.892 bits per heavy atom. The molecule has 1 N–H and O–H groups in total. The van der Waals surface area contributed by atoms with Crippen LogP contribution in [0.5, 0.6) is 0 Å². The number of carbonyl (C=O) groups excluding carboxylic acids is 2. The highest BCUT2D eigenvalue weighted by Crippen LogP contribution is 2.35. The molecule has 4 aromatic rings. The Kier molecular flexibility index (Phi) is 5.79. The zero-order valence-electron chi connectivity index (χ0n) is 20.1. The van der Waals surface area contributed by atoms with Crippen molar-refractivity contribution in [3.8, 4) is 16.8 Å². The van der Waals surface area contributed by atoms with Crippen LogP contribution in [0.25, 0.3) is 16.8 Å². The SMILES string of the molecule is O=C(c1ccccc1)c1cccc(-c2ccc(-n3c(C4CCN(C(=O)C5CC5)C4)n[nH]c3=O)c(F)c2)c1. The summed E-state index contributed by atoms with van der Waals surface area (Å²) in [4.78, 5) is 39.8. The Hall–Kier alpha value is -4.33. The second kappa shape index (κ2) is 9.28. The Labute approximate surface area is 212 Å². The molecule has 1 saturated carbocycles. The summed E-state index contributed by atoms with van der Waals surface area (Å²) in [5.41, 5.74) is 1.94. The van der Waals surface area contributed by atoms with Gasteiger partial charge in [0.2, 0.25) is 5.91 Å². The Morgan fingerprint density at radius 2 is 1.65 bits per heavy atom. The van der Waals surface area contributed by atoms with Crippen LogP contribution in [-0.2, 0) is 4.79 Å². The number of hydrogen-bond acceptors (Lipinski definition) is 4. The molecule has 6 rings (SSSR count). The predicted molar refractivity (Wildman–Crippen MR) is 136 cm³/mol. The molecule has 37 heavy (non-hydrogen) atoms. The Morgan fingerprint density at radius 3 is 2.41 bits per heavy atom. The van der Waals surface area contributed by atoms with Gasteiger partial charge in [-0.05, 0) is 48.6 Å². The van der Waals surface area contributed by atoms with Gasteiger partial charge in [0, 0.05) is 36.1 Å². The Balaban J connectivity index is 1.28. The summed E-state index contributed by atoms with van der Waals surface area (Å²) < 4.78 is 16.7. The van der Waals surface area contributed by atoms with Gasteiger partial charge >= 0.3 is 5.69 Å². The fourth-order valence-corrected chi connectivity index (χ4v) is 5.04. The van der Waals surface area contributed by atoms with Crippen molar-refractivity contribution in [2.24, 2.45) is 5.92 Å². The number of aromatic nitrogens is 3. The lowest BCUT2D eigenvalue weighted by Gasteiger charge is -2.16. The average molecular weight is 497 g/mol. The van der Waals surface area contributed by atoms with E-state index in [1.54, 1.807) is 42.5 Å². The first-order chi connectivity index (χ1) is 18.0. The van der Waals surface area contributed by atoms with Gasteiger partial charge in [0.05, 0.1) is 5.69 Å².